The van der Waals surface area contributed by atoms with Crippen LogP contribution in [0.2, 0.25) is 0 Å². The summed E-state index contributed by atoms with van der Waals surface area (Å²) in [7, 11) is 0. The van der Waals surface area contributed by atoms with Gasteiger partial charge in [-0.05, 0) is 5.41 Å². The van der Waals surface area contributed by atoms with Crippen molar-refractivity contribution in [3.63, 3.8) is 0 Å². The number of rotatable bonds is 2. The topological polar surface area (TPSA) is 66.6 Å². The standard InChI is InChI=1S/C9H18N2O2/c1-9(2,3)7(12)5-11-4-6(10)8(11)13/h6-7,12H,4-5,10H2,1-3H3. The molecule has 0 radical (unpaired) electrons. The average Bonchev–Trinajstić information content (AvgIpc) is 2.01. The number of aliphatic hydroxyl groups is 1. The highest BCUT2D eigenvalue weighted by Crippen LogP contribution is 2.21. The highest BCUT2D eigenvalue weighted by atomic mass is 16.3. The molecule has 1 fully saturated rings. The molecule has 0 aromatic rings. The minimum absolute atomic E-state index is 0.0525. The zero-order valence-corrected chi connectivity index (χ0v) is 8.45. The van der Waals surface area contributed by atoms with Crippen molar-refractivity contribution in [2.75, 3.05) is 13.1 Å². The Morgan fingerprint density at radius 3 is 2.54 bits per heavy atom. The van der Waals surface area contributed by atoms with Crippen LogP contribution in [-0.4, -0.2) is 41.1 Å². The first-order valence-electron chi connectivity index (χ1n) is 4.55. The molecule has 1 saturated heterocycles. The fourth-order valence-corrected chi connectivity index (χ4v) is 1.17. The zero-order chi connectivity index (χ0) is 10.2. The van der Waals surface area contributed by atoms with Crippen LogP contribution in [0.5, 0.6) is 0 Å². The maximum atomic E-state index is 11.1. The molecule has 0 saturated carbocycles. The molecule has 1 heterocycles. The van der Waals surface area contributed by atoms with Crippen molar-refractivity contribution in [1.82, 2.24) is 4.90 Å². The van der Waals surface area contributed by atoms with Gasteiger partial charge in [-0.15, -0.1) is 0 Å². The van der Waals surface area contributed by atoms with E-state index in [1.54, 1.807) is 4.90 Å². The molecule has 3 N–H and O–H groups in total. The Kier molecular flexibility index (Phi) is 2.63. The van der Waals surface area contributed by atoms with Gasteiger partial charge in [-0.1, -0.05) is 20.8 Å². The monoisotopic (exact) mass is 186 g/mol. The van der Waals surface area contributed by atoms with Crippen LogP contribution in [0.4, 0.5) is 0 Å². The number of hydrogen-bond donors (Lipinski definition) is 2. The Balaban J connectivity index is 2.39. The van der Waals surface area contributed by atoms with Gasteiger partial charge < -0.3 is 15.7 Å². The summed E-state index contributed by atoms with van der Waals surface area (Å²) in [6.07, 6.45) is -0.482. The van der Waals surface area contributed by atoms with Crippen LogP contribution in [0.25, 0.3) is 0 Å². The Bertz CT molecular complexity index is 210. The molecule has 76 valence electrons. The zero-order valence-electron chi connectivity index (χ0n) is 8.45. The number of carbonyl (C=O) groups excluding carboxylic acids is 1. The Morgan fingerprint density at radius 1 is 1.69 bits per heavy atom. The van der Waals surface area contributed by atoms with Crippen LogP contribution >= 0.6 is 0 Å². The van der Waals surface area contributed by atoms with Crippen LogP contribution in [0, 0.1) is 5.41 Å². The first-order valence-corrected chi connectivity index (χ1v) is 4.55. The summed E-state index contributed by atoms with van der Waals surface area (Å²) in [6.45, 7) is 6.81. The fraction of sp³-hybridized carbons (Fsp3) is 0.889. The molecule has 2 unspecified atom stereocenters. The summed E-state index contributed by atoms with van der Waals surface area (Å²) in [6, 6.07) is -0.341. The van der Waals surface area contributed by atoms with Gasteiger partial charge in [-0.2, -0.15) is 0 Å². The van der Waals surface area contributed by atoms with Crippen molar-refractivity contribution < 1.29 is 9.90 Å². The van der Waals surface area contributed by atoms with Crippen molar-refractivity contribution in [3.05, 3.63) is 0 Å². The summed E-state index contributed by atoms with van der Waals surface area (Å²) < 4.78 is 0. The molecule has 0 aliphatic carbocycles. The molecule has 0 spiro atoms. The summed E-state index contributed by atoms with van der Waals surface area (Å²) >= 11 is 0. The van der Waals surface area contributed by atoms with Crippen molar-refractivity contribution >= 4 is 5.91 Å². The van der Waals surface area contributed by atoms with E-state index in [1.165, 1.54) is 0 Å². The lowest BCUT2D eigenvalue weighted by molar-refractivity contribution is -0.145. The molecule has 1 amide bonds. The number of likely N-dealkylation sites (tertiary alicyclic amines) is 1. The van der Waals surface area contributed by atoms with Gasteiger partial charge in [0.25, 0.3) is 0 Å². The average molecular weight is 186 g/mol. The third-order valence-electron chi connectivity index (χ3n) is 2.44. The van der Waals surface area contributed by atoms with E-state index >= 15 is 0 Å². The Labute approximate surface area is 78.7 Å². The summed E-state index contributed by atoms with van der Waals surface area (Å²) in [5.74, 6) is -0.0525. The second-order valence-electron chi connectivity index (χ2n) is 4.73. The van der Waals surface area contributed by atoms with Crippen LogP contribution in [0.1, 0.15) is 20.8 Å². The number of aliphatic hydroxyl groups excluding tert-OH is 1. The third-order valence-corrected chi connectivity index (χ3v) is 2.44. The molecular weight excluding hydrogens is 168 g/mol. The van der Waals surface area contributed by atoms with E-state index in [-0.39, 0.29) is 17.4 Å². The molecule has 0 aromatic heterocycles. The lowest BCUT2D eigenvalue weighted by atomic mass is 9.88. The number of hydrogen-bond acceptors (Lipinski definition) is 3. The van der Waals surface area contributed by atoms with E-state index in [9.17, 15) is 9.90 Å². The van der Waals surface area contributed by atoms with Crippen LogP contribution in [0.3, 0.4) is 0 Å². The normalized spacial score (nSPS) is 25.8. The molecule has 1 rings (SSSR count). The van der Waals surface area contributed by atoms with E-state index in [0.717, 1.165) is 0 Å². The predicted octanol–water partition coefficient (Wildman–Crippen LogP) is -0.437. The van der Waals surface area contributed by atoms with Crippen molar-refractivity contribution in [2.24, 2.45) is 11.1 Å². The van der Waals surface area contributed by atoms with Crippen molar-refractivity contribution in [1.29, 1.82) is 0 Å². The smallest absolute Gasteiger partial charge is 0.241 e. The summed E-state index contributed by atoms with van der Waals surface area (Å²) in [5, 5.41) is 9.69. The molecule has 0 bridgehead atoms. The highest BCUT2D eigenvalue weighted by molar-refractivity contribution is 5.87. The summed E-state index contributed by atoms with van der Waals surface area (Å²) in [5.41, 5.74) is 5.24. The van der Waals surface area contributed by atoms with E-state index in [0.29, 0.717) is 13.1 Å². The van der Waals surface area contributed by atoms with Crippen LogP contribution in [-0.2, 0) is 4.79 Å². The van der Waals surface area contributed by atoms with Crippen molar-refractivity contribution in [3.8, 4) is 0 Å². The van der Waals surface area contributed by atoms with Gasteiger partial charge in [0.1, 0.15) is 6.04 Å². The first kappa shape index (κ1) is 10.5. The largest absolute Gasteiger partial charge is 0.391 e. The van der Waals surface area contributed by atoms with Gasteiger partial charge in [0, 0.05) is 13.1 Å². The Morgan fingerprint density at radius 2 is 2.23 bits per heavy atom. The number of β-lactam (4-membered cyclic amide) rings is 1. The molecule has 13 heavy (non-hydrogen) atoms. The predicted molar refractivity (Wildman–Crippen MR) is 50.0 cm³/mol. The van der Waals surface area contributed by atoms with Gasteiger partial charge >= 0.3 is 0 Å². The van der Waals surface area contributed by atoms with E-state index in [1.807, 2.05) is 20.8 Å². The minimum atomic E-state index is -0.482. The second-order valence-corrected chi connectivity index (χ2v) is 4.73. The maximum absolute atomic E-state index is 11.1. The van der Waals surface area contributed by atoms with Crippen LogP contribution in [0.15, 0.2) is 0 Å². The van der Waals surface area contributed by atoms with E-state index in [4.69, 9.17) is 5.73 Å². The van der Waals surface area contributed by atoms with Gasteiger partial charge in [-0.25, -0.2) is 0 Å². The van der Waals surface area contributed by atoms with Gasteiger partial charge in [0.15, 0.2) is 0 Å². The molecule has 2 atom stereocenters. The van der Waals surface area contributed by atoms with Crippen molar-refractivity contribution in [2.45, 2.75) is 32.9 Å². The lowest BCUT2D eigenvalue weighted by Crippen LogP contribution is -2.63. The van der Waals surface area contributed by atoms with Gasteiger partial charge in [0.05, 0.1) is 6.10 Å². The molecule has 1 aliphatic rings. The number of nitrogens with zero attached hydrogens (tertiary/aromatic N) is 1. The van der Waals surface area contributed by atoms with Crippen LogP contribution < -0.4 is 5.73 Å². The van der Waals surface area contributed by atoms with E-state index in [2.05, 4.69) is 0 Å². The number of amides is 1. The second kappa shape index (κ2) is 3.27. The molecule has 1 aliphatic heterocycles. The number of carbonyl (C=O) groups is 1. The molecule has 4 heteroatoms. The Hall–Kier alpha value is -0.610. The molecular formula is C9H18N2O2. The van der Waals surface area contributed by atoms with Gasteiger partial charge in [-0.3, -0.25) is 4.79 Å². The van der Waals surface area contributed by atoms with E-state index < -0.39 is 6.10 Å². The maximum Gasteiger partial charge on any atom is 0.241 e. The third kappa shape index (κ3) is 2.19. The molecule has 0 aromatic carbocycles. The molecule has 4 nitrogen and oxygen atoms in total. The first-order chi connectivity index (χ1) is 5.82. The fourth-order valence-electron chi connectivity index (χ4n) is 1.17. The number of nitrogens with two attached hydrogens (primary N) is 1. The highest BCUT2D eigenvalue weighted by Gasteiger charge is 2.36. The quantitative estimate of drug-likeness (QED) is 0.575. The SMILES string of the molecule is CC(C)(C)C(O)CN1CC(N)C1=O. The van der Waals surface area contributed by atoms with Gasteiger partial charge in [0.2, 0.25) is 5.91 Å². The number of β-amino-alcohol motifs (C(OH)–C–C–N with tert-alkyl or cyclic N) is 1. The lowest BCUT2D eigenvalue weighted by Gasteiger charge is -2.40. The minimum Gasteiger partial charge on any atom is -0.391 e. The summed E-state index contributed by atoms with van der Waals surface area (Å²) in [4.78, 5) is 12.7.